The van der Waals surface area contributed by atoms with E-state index in [1.54, 1.807) is 0 Å². The van der Waals surface area contributed by atoms with Gasteiger partial charge in [0.15, 0.2) is 0 Å². The van der Waals surface area contributed by atoms with Gasteiger partial charge in [0.2, 0.25) is 0 Å². The maximum atomic E-state index is 4.61. The standard InChI is InChI=1S/C11H19NSi/c1-5-10-7-6-8-11(12-10)9-13(2,3)4/h6-8H,5,9H2,1-4H3. The van der Waals surface area contributed by atoms with Gasteiger partial charge in [-0.15, -0.1) is 0 Å². The number of aryl methyl sites for hydroxylation is 1. The van der Waals surface area contributed by atoms with Crippen molar-refractivity contribution >= 4 is 8.07 Å². The molecule has 1 nitrogen and oxygen atoms in total. The fourth-order valence-corrected chi connectivity index (χ4v) is 2.65. The molecular formula is C11H19NSi. The molecule has 0 saturated carbocycles. The molecule has 0 aliphatic carbocycles. The zero-order chi connectivity index (χ0) is 9.90. The fourth-order valence-electron chi connectivity index (χ4n) is 1.37. The van der Waals surface area contributed by atoms with Crippen LogP contribution in [0.1, 0.15) is 18.3 Å². The van der Waals surface area contributed by atoms with Crippen molar-refractivity contribution in [2.45, 2.75) is 39.0 Å². The Balaban J connectivity index is 2.78. The zero-order valence-electron chi connectivity index (χ0n) is 9.09. The van der Waals surface area contributed by atoms with Crippen LogP contribution in [0.15, 0.2) is 18.2 Å². The largest absolute Gasteiger partial charge is 0.258 e. The molecule has 0 aliphatic rings. The Hall–Kier alpha value is -0.633. The summed E-state index contributed by atoms with van der Waals surface area (Å²) in [6, 6.07) is 7.58. The smallest absolute Gasteiger partial charge is 0.0506 e. The van der Waals surface area contributed by atoms with Gasteiger partial charge >= 0.3 is 0 Å². The third-order valence-corrected chi connectivity index (χ3v) is 3.36. The second-order valence-electron chi connectivity index (χ2n) is 4.71. The summed E-state index contributed by atoms with van der Waals surface area (Å²) in [6.45, 7) is 9.30. The SMILES string of the molecule is CCc1cccc(C[Si](C)(C)C)n1. The zero-order valence-corrected chi connectivity index (χ0v) is 10.1. The van der Waals surface area contributed by atoms with E-state index < -0.39 is 8.07 Å². The van der Waals surface area contributed by atoms with Gasteiger partial charge in [-0.25, -0.2) is 0 Å². The lowest BCUT2D eigenvalue weighted by atomic mass is 10.3. The molecule has 1 aromatic rings. The molecule has 1 rings (SSSR count). The van der Waals surface area contributed by atoms with Crippen LogP contribution in [0, 0.1) is 0 Å². The summed E-state index contributed by atoms with van der Waals surface area (Å²) in [5.74, 6) is 0. The minimum Gasteiger partial charge on any atom is -0.258 e. The van der Waals surface area contributed by atoms with Crippen LogP contribution in [0.3, 0.4) is 0 Å². The molecule has 0 saturated heterocycles. The number of nitrogens with zero attached hydrogens (tertiary/aromatic N) is 1. The molecular weight excluding hydrogens is 174 g/mol. The van der Waals surface area contributed by atoms with E-state index in [1.807, 2.05) is 0 Å². The van der Waals surface area contributed by atoms with Crippen LogP contribution < -0.4 is 0 Å². The molecule has 0 amide bonds. The summed E-state index contributed by atoms with van der Waals surface area (Å²) < 4.78 is 0. The molecule has 72 valence electrons. The van der Waals surface area contributed by atoms with Gasteiger partial charge in [-0.05, 0) is 24.6 Å². The monoisotopic (exact) mass is 193 g/mol. The average molecular weight is 193 g/mol. The Morgan fingerprint density at radius 2 is 1.77 bits per heavy atom. The van der Waals surface area contributed by atoms with Crippen molar-refractivity contribution < 1.29 is 0 Å². The van der Waals surface area contributed by atoms with E-state index in [1.165, 1.54) is 17.4 Å². The molecule has 0 aliphatic heterocycles. The molecule has 0 N–H and O–H groups in total. The number of hydrogen-bond donors (Lipinski definition) is 0. The number of pyridine rings is 1. The van der Waals surface area contributed by atoms with E-state index >= 15 is 0 Å². The molecule has 0 aromatic carbocycles. The molecule has 0 fully saturated rings. The first-order chi connectivity index (χ1) is 6.01. The molecule has 1 heterocycles. The molecule has 1 aromatic heterocycles. The quantitative estimate of drug-likeness (QED) is 0.672. The number of aromatic nitrogens is 1. The van der Waals surface area contributed by atoms with Gasteiger partial charge < -0.3 is 0 Å². The summed E-state index contributed by atoms with van der Waals surface area (Å²) in [4.78, 5) is 4.61. The molecule has 0 spiro atoms. The van der Waals surface area contributed by atoms with Gasteiger partial charge in [-0.3, -0.25) is 4.98 Å². The van der Waals surface area contributed by atoms with Crippen molar-refractivity contribution in [2.75, 3.05) is 0 Å². The van der Waals surface area contributed by atoms with Gasteiger partial charge in [0.25, 0.3) is 0 Å². The first kappa shape index (κ1) is 10.4. The lowest BCUT2D eigenvalue weighted by molar-refractivity contribution is 0.991. The lowest BCUT2D eigenvalue weighted by Crippen LogP contribution is -2.24. The average Bonchev–Trinajstić information content (AvgIpc) is 2.01. The highest BCUT2D eigenvalue weighted by Crippen LogP contribution is 2.10. The predicted molar refractivity (Wildman–Crippen MR) is 60.7 cm³/mol. The van der Waals surface area contributed by atoms with Gasteiger partial charge in [-0.2, -0.15) is 0 Å². The topological polar surface area (TPSA) is 12.9 Å². The minimum atomic E-state index is -0.996. The van der Waals surface area contributed by atoms with Crippen molar-refractivity contribution in [1.29, 1.82) is 0 Å². The van der Waals surface area contributed by atoms with Crippen molar-refractivity contribution in [3.8, 4) is 0 Å². The Morgan fingerprint density at radius 3 is 2.31 bits per heavy atom. The van der Waals surface area contributed by atoms with E-state index in [9.17, 15) is 0 Å². The molecule has 0 atom stereocenters. The van der Waals surface area contributed by atoms with Crippen LogP contribution in [-0.4, -0.2) is 13.1 Å². The van der Waals surface area contributed by atoms with Crippen molar-refractivity contribution in [1.82, 2.24) is 4.98 Å². The summed E-state index contributed by atoms with van der Waals surface area (Å²) >= 11 is 0. The lowest BCUT2D eigenvalue weighted by Gasteiger charge is -2.15. The highest BCUT2D eigenvalue weighted by Gasteiger charge is 2.14. The minimum absolute atomic E-state index is 0.996. The molecule has 13 heavy (non-hydrogen) atoms. The third-order valence-electron chi connectivity index (χ3n) is 1.94. The summed E-state index contributed by atoms with van der Waals surface area (Å²) in [5.41, 5.74) is 2.49. The van der Waals surface area contributed by atoms with E-state index in [0.717, 1.165) is 6.42 Å². The second-order valence-corrected chi connectivity index (χ2v) is 10.2. The first-order valence-electron chi connectivity index (χ1n) is 4.96. The summed E-state index contributed by atoms with van der Waals surface area (Å²) in [5, 5.41) is 0. The van der Waals surface area contributed by atoms with Crippen LogP contribution in [0.25, 0.3) is 0 Å². The number of rotatable bonds is 3. The highest BCUT2D eigenvalue weighted by atomic mass is 28.3. The highest BCUT2D eigenvalue weighted by molar-refractivity contribution is 6.75. The van der Waals surface area contributed by atoms with Gasteiger partial charge in [0, 0.05) is 11.4 Å². The van der Waals surface area contributed by atoms with Crippen molar-refractivity contribution in [3.63, 3.8) is 0 Å². The van der Waals surface area contributed by atoms with E-state index in [0.29, 0.717) is 0 Å². The Morgan fingerprint density at radius 1 is 1.15 bits per heavy atom. The second kappa shape index (κ2) is 4.05. The van der Waals surface area contributed by atoms with Gasteiger partial charge in [-0.1, -0.05) is 32.6 Å². The molecule has 0 radical (unpaired) electrons. The summed E-state index contributed by atoms with van der Waals surface area (Å²) in [6.07, 6.45) is 1.04. The van der Waals surface area contributed by atoms with E-state index in [4.69, 9.17) is 0 Å². The normalized spacial score (nSPS) is 11.7. The van der Waals surface area contributed by atoms with E-state index in [-0.39, 0.29) is 0 Å². The maximum Gasteiger partial charge on any atom is 0.0506 e. The third kappa shape index (κ3) is 3.72. The van der Waals surface area contributed by atoms with Gasteiger partial charge in [0.05, 0.1) is 8.07 Å². The van der Waals surface area contributed by atoms with Crippen LogP contribution in [0.4, 0.5) is 0 Å². The maximum absolute atomic E-state index is 4.61. The predicted octanol–water partition coefficient (Wildman–Crippen LogP) is 3.06. The van der Waals surface area contributed by atoms with Crippen LogP contribution >= 0.6 is 0 Å². The van der Waals surface area contributed by atoms with Crippen molar-refractivity contribution in [3.05, 3.63) is 29.6 Å². The fraction of sp³-hybridized carbons (Fsp3) is 0.545. The van der Waals surface area contributed by atoms with E-state index in [2.05, 4.69) is 49.7 Å². The van der Waals surface area contributed by atoms with Crippen LogP contribution in [-0.2, 0) is 12.5 Å². The van der Waals surface area contributed by atoms with Crippen LogP contribution in [0.2, 0.25) is 19.6 Å². The molecule has 0 bridgehead atoms. The van der Waals surface area contributed by atoms with Crippen LogP contribution in [0.5, 0.6) is 0 Å². The molecule has 0 unspecified atom stereocenters. The first-order valence-corrected chi connectivity index (χ1v) is 8.67. The number of hydrogen-bond acceptors (Lipinski definition) is 1. The Bertz CT molecular complexity index is 276. The Kier molecular flexibility index (Phi) is 3.26. The Labute approximate surface area is 82.2 Å². The molecule has 2 heteroatoms. The van der Waals surface area contributed by atoms with Gasteiger partial charge in [0.1, 0.15) is 0 Å². The summed E-state index contributed by atoms with van der Waals surface area (Å²) in [7, 11) is -0.996. The van der Waals surface area contributed by atoms with Crippen molar-refractivity contribution in [2.24, 2.45) is 0 Å².